The van der Waals surface area contributed by atoms with Crippen molar-refractivity contribution in [1.29, 1.82) is 5.26 Å². The number of aromatic amines is 1. The largest absolute Gasteiger partial charge is 0.326 e. The van der Waals surface area contributed by atoms with Gasteiger partial charge in [-0.25, -0.2) is 0 Å². The molecule has 5 heteroatoms. The molecule has 0 spiro atoms. The number of benzene rings is 1. The van der Waals surface area contributed by atoms with Crippen LogP contribution in [0.4, 0.5) is 5.69 Å². The van der Waals surface area contributed by atoms with Crippen LogP contribution in [-0.4, -0.2) is 10.9 Å². The van der Waals surface area contributed by atoms with Crippen LogP contribution < -0.4 is 10.9 Å². The number of amides is 1. The van der Waals surface area contributed by atoms with E-state index in [1.807, 2.05) is 38.1 Å². The molecule has 0 unspecified atom stereocenters. The molecule has 2 rings (SSSR count). The number of rotatable bonds is 4. The highest BCUT2D eigenvalue weighted by Crippen LogP contribution is 2.17. The zero-order valence-electron chi connectivity index (χ0n) is 14.4. The first kappa shape index (κ1) is 17.5. The normalized spacial score (nSPS) is 10.3. The number of nitrogens with zero attached hydrogens (tertiary/aromatic N) is 1. The Balaban J connectivity index is 2.12. The number of anilines is 1. The molecule has 0 saturated heterocycles. The summed E-state index contributed by atoms with van der Waals surface area (Å²) in [6.07, 6.45) is 0.755. The number of H-pyrrole nitrogens is 1. The molecule has 0 aliphatic heterocycles. The molecule has 0 saturated carbocycles. The number of aryl methyl sites for hydroxylation is 3. The van der Waals surface area contributed by atoms with Crippen LogP contribution >= 0.6 is 0 Å². The Morgan fingerprint density at radius 3 is 2.38 bits per heavy atom. The molecular weight excluding hydrogens is 302 g/mol. The fourth-order valence-corrected chi connectivity index (χ4v) is 2.93. The summed E-state index contributed by atoms with van der Waals surface area (Å²) in [4.78, 5) is 26.6. The maximum atomic E-state index is 12.2. The predicted molar refractivity (Wildman–Crippen MR) is 94.1 cm³/mol. The van der Waals surface area contributed by atoms with E-state index >= 15 is 0 Å². The molecule has 0 aliphatic carbocycles. The van der Waals surface area contributed by atoms with Crippen molar-refractivity contribution in [3.63, 3.8) is 0 Å². The van der Waals surface area contributed by atoms with Gasteiger partial charge in [-0.15, -0.1) is 0 Å². The lowest BCUT2D eigenvalue weighted by atomic mass is 9.99. The van der Waals surface area contributed by atoms with Gasteiger partial charge in [0.1, 0.15) is 11.6 Å². The van der Waals surface area contributed by atoms with Crippen LogP contribution in [0.15, 0.2) is 23.0 Å². The van der Waals surface area contributed by atoms with Gasteiger partial charge in [0, 0.05) is 17.8 Å². The number of carbonyl (C=O) groups is 1. The monoisotopic (exact) mass is 323 g/mol. The molecular formula is C19H21N3O2. The van der Waals surface area contributed by atoms with Crippen molar-refractivity contribution in [2.75, 3.05) is 5.32 Å². The summed E-state index contributed by atoms with van der Waals surface area (Å²) in [7, 11) is 0. The second kappa shape index (κ2) is 7.14. The fraction of sp³-hybridized carbons (Fsp3) is 0.316. The number of hydrogen-bond acceptors (Lipinski definition) is 3. The van der Waals surface area contributed by atoms with Gasteiger partial charge in [-0.1, -0.05) is 6.07 Å². The molecule has 0 atom stereocenters. The molecule has 124 valence electrons. The first-order valence-corrected chi connectivity index (χ1v) is 7.82. The molecule has 0 aliphatic rings. The van der Waals surface area contributed by atoms with Gasteiger partial charge in [-0.3, -0.25) is 9.59 Å². The number of hydrogen-bond donors (Lipinski definition) is 2. The summed E-state index contributed by atoms with van der Waals surface area (Å²) in [6.45, 7) is 7.50. The van der Waals surface area contributed by atoms with Crippen molar-refractivity contribution in [2.45, 2.75) is 40.5 Å². The van der Waals surface area contributed by atoms with Crippen molar-refractivity contribution in [2.24, 2.45) is 0 Å². The Morgan fingerprint density at radius 2 is 1.79 bits per heavy atom. The summed E-state index contributed by atoms with van der Waals surface area (Å²) in [5, 5.41) is 12.0. The van der Waals surface area contributed by atoms with Gasteiger partial charge in [-0.05, 0) is 68.5 Å². The first-order chi connectivity index (χ1) is 11.3. The van der Waals surface area contributed by atoms with Crippen LogP contribution in [0.25, 0.3) is 0 Å². The minimum Gasteiger partial charge on any atom is -0.326 e. The molecule has 24 heavy (non-hydrogen) atoms. The van der Waals surface area contributed by atoms with E-state index in [0.29, 0.717) is 17.7 Å². The van der Waals surface area contributed by atoms with E-state index in [4.69, 9.17) is 5.26 Å². The van der Waals surface area contributed by atoms with Crippen molar-refractivity contribution < 1.29 is 4.79 Å². The van der Waals surface area contributed by atoms with E-state index < -0.39 is 0 Å². The standard InChI is InChI=1S/C19H21N3O2/c1-11-7-12(2)9-15(8-11)22-18(23)6-5-16-13(3)17(10-20)19(24)21-14(16)4/h7-9H,5-6H2,1-4H3,(H,21,24)(H,22,23). The van der Waals surface area contributed by atoms with E-state index in [0.717, 1.165) is 22.4 Å². The van der Waals surface area contributed by atoms with Gasteiger partial charge >= 0.3 is 0 Å². The summed E-state index contributed by atoms with van der Waals surface area (Å²) >= 11 is 0. The molecule has 0 fully saturated rings. The molecule has 2 aromatic rings. The number of carbonyl (C=O) groups excluding carboxylic acids is 1. The number of nitrogens with one attached hydrogen (secondary N) is 2. The second-order valence-electron chi connectivity index (χ2n) is 6.09. The van der Waals surface area contributed by atoms with Crippen LogP contribution in [0.1, 0.15) is 39.9 Å². The third kappa shape index (κ3) is 3.90. The predicted octanol–water partition coefficient (Wildman–Crippen LogP) is 3.05. The second-order valence-corrected chi connectivity index (χ2v) is 6.09. The Morgan fingerprint density at radius 1 is 1.17 bits per heavy atom. The van der Waals surface area contributed by atoms with E-state index in [-0.39, 0.29) is 23.5 Å². The van der Waals surface area contributed by atoms with Gasteiger partial charge in [0.2, 0.25) is 5.91 Å². The van der Waals surface area contributed by atoms with Crippen LogP contribution in [0.3, 0.4) is 0 Å². The Kier molecular flexibility index (Phi) is 5.20. The number of pyridine rings is 1. The van der Waals surface area contributed by atoms with Gasteiger partial charge in [-0.2, -0.15) is 5.26 Å². The SMILES string of the molecule is Cc1cc(C)cc(NC(=O)CCc2c(C)[nH]c(=O)c(C#N)c2C)c1. The van der Waals surface area contributed by atoms with E-state index in [1.165, 1.54) is 0 Å². The van der Waals surface area contributed by atoms with Crippen LogP contribution in [0.5, 0.6) is 0 Å². The average molecular weight is 323 g/mol. The summed E-state index contributed by atoms with van der Waals surface area (Å²) in [5.41, 5.74) is 4.91. The third-order valence-electron chi connectivity index (χ3n) is 4.03. The van der Waals surface area contributed by atoms with Crippen LogP contribution in [0.2, 0.25) is 0 Å². The molecule has 2 N–H and O–H groups in total. The van der Waals surface area contributed by atoms with Crippen molar-refractivity contribution in [3.8, 4) is 6.07 Å². The summed E-state index contributed by atoms with van der Waals surface area (Å²) in [6, 6.07) is 7.83. The Bertz CT molecular complexity index is 868. The van der Waals surface area contributed by atoms with E-state index in [1.54, 1.807) is 13.8 Å². The highest BCUT2D eigenvalue weighted by molar-refractivity contribution is 5.91. The van der Waals surface area contributed by atoms with Gasteiger partial charge in [0.25, 0.3) is 5.56 Å². The molecule has 5 nitrogen and oxygen atoms in total. The van der Waals surface area contributed by atoms with E-state index in [9.17, 15) is 9.59 Å². The maximum absolute atomic E-state index is 12.2. The molecule has 1 aromatic heterocycles. The Hall–Kier alpha value is -2.87. The zero-order valence-corrected chi connectivity index (χ0v) is 14.4. The highest BCUT2D eigenvalue weighted by atomic mass is 16.1. The lowest BCUT2D eigenvalue weighted by Gasteiger charge is -2.11. The fourth-order valence-electron chi connectivity index (χ4n) is 2.93. The van der Waals surface area contributed by atoms with Gasteiger partial charge in [0.05, 0.1) is 0 Å². The molecule has 1 amide bonds. The highest BCUT2D eigenvalue weighted by Gasteiger charge is 2.13. The van der Waals surface area contributed by atoms with Gasteiger partial charge in [0.15, 0.2) is 0 Å². The van der Waals surface area contributed by atoms with Crippen molar-refractivity contribution in [3.05, 3.63) is 62.1 Å². The van der Waals surface area contributed by atoms with Crippen molar-refractivity contribution in [1.82, 2.24) is 4.98 Å². The third-order valence-corrected chi connectivity index (χ3v) is 4.03. The molecule has 1 heterocycles. The molecule has 1 aromatic carbocycles. The first-order valence-electron chi connectivity index (χ1n) is 7.82. The quantitative estimate of drug-likeness (QED) is 0.906. The minimum atomic E-state index is -0.379. The number of nitriles is 1. The van der Waals surface area contributed by atoms with Gasteiger partial charge < -0.3 is 10.3 Å². The molecule has 0 radical (unpaired) electrons. The maximum Gasteiger partial charge on any atom is 0.266 e. The Labute approximate surface area is 141 Å². The average Bonchev–Trinajstić information content (AvgIpc) is 2.45. The van der Waals surface area contributed by atoms with Crippen LogP contribution in [0, 0.1) is 39.0 Å². The number of aromatic nitrogens is 1. The van der Waals surface area contributed by atoms with Crippen molar-refractivity contribution >= 4 is 11.6 Å². The lowest BCUT2D eigenvalue weighted by molar-refractivity contribution is -0.116. The summed E-state index contributed by atoms with van der Waals surface area (Å²) in [5.74, 6) is -0.0940. The summed E-state index contributed by atoms with van der Waals surface area (Å²) < 4.78 is 0. The molecule has 0 bridgehead atoms. The smallest absolute Gasteiger partial charge is 0.266 e. The van der Waals surface area contributed by atoms with Crippen LogP contribution in [-0.2, 0) is 11.2 Å². The lowest BCUT2D eigenvalue weighted by Crippen LogP contribution is -2.18. The topological polar surface area (TPSA) is 85.8 Å². The van der Waals surface area contributed by atoms with E-state index in [2.05, 4.69) is 10.3 Å². The zero-order chi connectivity index (χ0) is 17.9. The minimum absolute atomic E-state index is 0.0940.